The second-order valence-electron chi connectivity index (χ2n) is 8.62. The quantitative estimate of drug-likeness (QED) is 0.591. The molecule has 1 aliphatic rings. The van der Waals surface area contributed by atoms with Gasteiger partial charge >= 0.3 is 0 Å². The van der Waals surface area contributed by atoms with Crippen LogP contribution in [0.3, 0.4) is 0 Å². The van der Waals surface area contributed by atoms with Crippen molar-refractivity contribution in [3.05, 3.63) is 77.7 Å². The highest BCUT2D eigenvalue weighted by Crippen LogP contribution is 2.24. The topological polar surface area (TPSA) is 70.6 Å². The van der Waals surface area contributed by atoms with Crippen LogP contribution in [0.15, 0.2) is 60.7 Å². The Labute approximate surface area is 195 Å². The van der Waals surface area contributed by atoms with Gasteiger partial charge in [-0.2, -0.15) is 0 Å². The van der Waals surface area contributed by atoms with Crippen LogP contribution < -0.4 is 15.0 Å². The summed E-state index contributed by atoms with van der Waals surface area (Å²) in [6.45, 7) is 2.33. The summed E-state index contributed by atoms with van der Waals surface area (Å²) in [4.78, 5) is 26.4. The molecule has 4 rings (SSSR count). The molecule has 1 amide bonds. The molecule has 2 heterocycles. The molecule has 1 aliphatic heterocycles. The third-order valence-corrected chi connectivity index (χ3v) is 5.71. The molecule has 1 unspecified atom stereocenters. The van der Waals surface area contributed by atoms with E-state index in [1.807, 2.05) is 67.5 Å². The smallest absolute Gasteiger partial charge is 0.254 e. The van der Waals surface area contributed by atoms with Gasteiger partial charge in [-0.15, -0.1) is 0 Å². The predicted molar refractivity (Wildman–Crippen MR) is 130 cm³/mol. The lowest BCUT2D eigenvalue weighted by molar-refractivity contribution is 0.0783. The maximum atomic E-state index is 13.2. The van der Waals surface area contributed by atoms with Crippen LogP contribution >= 0.6 is 0 Å². The minimum atomic E-state index is -0.0839. The molecule has 7 heteroatoms. The lowest BCUT2D eigenvalue weighted by atomic mass is 9.99. The zero-order valence-corrected chi connectivity index (χ0v) is 19.5. The van der Waals surface area contributed by atoms with Crippen LogP contribution in [0.5, 0.6) is 11.5 Å². The summed E-state index contributed by atoms with van der Waals surface area (Å²) in [7, 11) is 5.75. The van der Waals surface area contributed by atoms with Gasteiger partial charge < -0.3 is 19.9 Å². The maximum absolute atomic E-state index is 13.2. The normalized spacial score (nSPS) is 15.7. The van der Waals surface area contributed by atoms with Crippen LogP contribution in [0.4, 0.5) is 5.82 Å². The van der Waals surface area contributed by atoms with Crippen LogP contribution in [0.2, 0.25) is 0 Å². The molecule has 0 radical (unpaired) electrons. The summed E-state index contributed by atoms with van der Waals surface area (Å²) < 4.78 is 5.89. The van der Waals surface area contributed by atoms with Crippen molar-refractivity contribution in [2.24, 2.45) is 0 Å². The van der Waals surface area contributed by atoms with Crippen molar-refractivity contribution < 1.29 is 9.53 Å². The van der Waals surface area contributed by atoms with Crippen molar-refractivity contribution in [3.8, 4) is 11.5 Å². The molecule has 33 heavy (non-hydrogen) atoms. The lowest BCUT2D eigenvalue weighted by Gasteiger charge is -2.24. The third kappa shape index (κ3) is 5.87. The molecular formula is C26H31N5O2. The Hall–Kier alpha value is -3.45. The largest absolute Gasteiger partial charge is 0.457 e. The van der Waals surface area contributed by atoms with Crippen LogP contribution in [0, 0.1) is 0 Å². The van der Waals surface area contributed by atoms with Gasteiger partial charge in [0.2, 0.25) is 0 Å². The van der Waals surface area contributed by atoms with Crippen LogP contribution in [0.1, 0.15) is 40.6 Å². The van der Waals surface area contributed by atoms with Gasteiger partial charge in [0.25, 0.3) is 5.91 Å². The van der Waals surface area contributed by atoms with Crippen molar-refractivity contribution in [2.75, 3.05) is 39.1 Å². The lowest BCUT2D eigenvalue weighted by Crippen LogP contribution is -2.31. The van der Waals surface area contributed by atoms with E-state index in [-0.39, 0.29) is 5.91 Å². The van der Waals surface area contributed by atoms with Crippen molar-refractivity contribution in [3.63, 3.8) is 0 Å². The summed E-state index contributed by atoms with van der Waals surface area (Å²) in [5.41, 5.74) is 1.41. The fourth-order valence-corrected chi connectivity index (χ4v) is 3.92. The Bertz CT molecular complexity index is 1080. The first-order valence-electron chi connectivity index (χ1n) is 11.3. The zero-order valence-electron chi connectivity index (χ0n) is 19.5. The van der Waals surface area contributed by atoms with E-state index in [9.17, 15) is 4.79 Å². The first kappa shape index (κ1) is 22.7. The first-order chi connectivity index (χ1) is 16.0. The van der Waals surface area contributed by atoms with Crippen molar-refractivity contribution >= 4 is 11.7 Å². The summed E-state index contributed by atoms with van der Waals surface area (Å²) in [6, 6.07) is 18.8. The molecule has 7 nitrogen and oxygen atoms in total. The molecule has 0 saturated carbocycles. The molecule has 1 atom stereocenters. The highest BCUT2D eigenvalue weighted by Gasteiger charge is 2.21. The van der Waals surface area contributed by atoms with Gasteiger partial charge in [-0.25, -0.2) is 9.97 Å². The molecule has 1 saturated heterocycles. The fourth-order valence-electron chi connectivity index (χ4n) is 3.92. The number of nitrogens with one attached hydrogen (secondary N) is 1. The Kier molecular flexibility index (Phi) is 7.19. The molecule has 1 N–H and O–H groups in total. The molecule has 0 aliphatic carbocycles. The minimum absolute atomic E-state index is 0.0839. The Morgan fingerprint density at radius 2 is 1.82 bits per heavy atom. The van der Waals surface area contributed by atoms with Crippen molar-refractivity contribution in [1.82, 2.24) is 20.2 Å². The monoisotopic (exact) mass is 445 g/mol. The van der Waals surface area contributed by atoms with Crippen molar-refractivity contribution in [1.29, 1.82) is 0 Å². The number of hydrogen-bond donors (Lipinski definition) is 1. The molecule has 172 valence electrons. The molecule has 1 aromatic heterocycles. The Balaban J connectivity index is 1.50. The van der Waals surface area contributed by atoms with Crippen LogP contribution in [-0.4, -0.2) is 55.0 Å². The first-order valence-corrected chi connectivity index (χ1v) is 11.3. The van der Waals surface area contributed by atoms with E-state index in [0.717, 1.165) is 49.0 Å². The van der Waals surface area contributed by atoms with Gasteiger partial charge in [-0.1, -0.05) is 24.3 Å². The second kappa shape index (κ2) is 10.4. The third-order valence-electron chi connectivity index (χ3n) is 5.71. The highest BCUT2D eigenvalue weighted by atomic mass is 16.5. The van der Waals surface area contributed by atoms with E-state index in [1.165, 1.54) is 0 Å². The Morgan fingerprint density at radius 3 is 2.55 bits per heavy atom. The van der Waals surface area contributed by atoms with E-state index >= 15 is 0 Å². The number of carbonyl (C=O) groups excluding carboxylic acids is 1. The van der Waals surface area contributed by atoms with Gasteiger partial charge in [0.05, 0.1) is 12.2 Å². The predicted octanol–water partition coefficient (Wildman–Crippen LogP) is 4.07. The number of carbonyl (C=O) groups is 1. The number of rotatable bonds is 7. The number of ether oxygens (including phenoxy) is 1. The summed E-state index contributed by atoms with van der Waals surface area (Å²) in [6.07, 6.45) is 2.20. The molecule has 0 spiro atoms. The van der Waals surface area contributed by atoms with Gasteiger partial charge in [0.15, 0.2) is 0 Å². The molecule has 2 aromatic carbocycles. The van der Waals surface area contributed by atoms with Crippen molar-refractivity contribution in [2.45, 2.75) is 25.3 Å². The average Bonchev–Trinajstić information content (AvgIpc) is 2.84. The molecule has 1 fully saturated rings. The van der Waals surface area contributed by atoms with Gasteiger partial charge in [0, 0.05) is 45.2 Å². The van der Waals surface area contributed by atoms with Crippen LogP contribution in [-0.2, 0) is 6.54 Å². The average molecular weight is 446 g/mol. The SMILES string of the molecule is CN(Cc1cc(N(C)C)nc(C2CCCNC2)n1)C(=O)c1cccc(Oc2ccccc2)c1. The molecule has 0 bridgehead atoms. The standard InChI is InChI=1S/C26H31N5O2/c1-30(2)24-16-21(28-25(29-24)20-10-8-14-27-17-20)18-31(3)26(32)19-9-7-13-23(15-19)33-22-11-5-4-6-12-22/h4-7,9,11-13,15-16,20,27H,8,10,14,17-18H2,1-3H3. The van der Waals surface area contributed by atoms with E-state index in [2.05, 4.69) is 5.32 Å². The minimum Gasteiger partial charge on any atom is -0.457 e. The summed E-state index contributed by atoms with van der Waals surface area (Å²) in [5.74, 6) is 3.29. The zero-order chi connectivity index (χ0) is 23.2. The fraction of sp³-hybridized carbons (Fsp3) is 0.346. The maximum Gasteiger partial charge on any atom is 0.254 e. The van der Waals surface area contributed by atoms with E-state index in [1.54, 1.807) is 24.1 Å². The van der Waals surface area contributed by atoms with E-state index < -0.39 is 0 Å². The summed E-state index contributed by atoms with van der Waals surface area (Å²) >= 11 is 0. The number of hydrogen-bond acceptors (Lipinski definition) is 6. The number of nitrogens with zero attached hydrogens (tertiary/aromatic N) is 4. The number of aromatic nitrogens is 2. The van der Waals surface area contributed by atoms with E-state index in [4.69, 9.17) is 14.7 Å². The van der Waals surface area contributed by atoms with E-state index in [0.29, 0.717) is 23.8 Å². The van der Waals surface area contributed by atoms with Gasteiger partial charge in [0.1, 0.15) is 23.1 Å². The summed E-state index contributed by atoms with van der Waals surface area (Å²) in [5, 5.41) is 3.43. The molecule has 3 aromatic rings. The second-order valence-corrected chi connectivity index (χ2v) is 8.62. The number of piperidine rings is 1. The molecular weight excluding hydrogens is 414 g/mol. The number of anilines is 1. The Morgan fingerprint density at radius 1 is 1.03 bits per heavy atom. The van der Waals surface area contributed by atoms with Gasteiger partial charge in [-0.3, -0.25) is 4.79 Å². The van der Waals surface area contributed by atoms with Gasteiger partial charge in [-0.05, 0) is 49.7 Å². The number of amides is 1. The van der Waals surface area contributed by atoms with Crippen LogP contribution in [0.25, 0.3) is 0 Å². The number of benzene rings is 2. The highest BCUT2D eigenvalue weighted by molar-refractivity contribution is 5.94. The number of para-hydroxylation sites is 1.